The average Bonchev–Trinajstić information content (AvgIpc) is 3.19. The maximum atomic E-state index is 13.1. The minimum atomic E-state index is -0.791. The van der Waals surface area contributed by atoms with E-state index in [2.05, 4.69) is 50.4 Å². The third kappa shape index (κ3) is 38.7. The molecule has 326 valence electrons. The molecule has 0 aromatic heterocycles. The summed E-state index contributed by atoms with van der Waals surface area (Å²) < 4.78 is 5.90. The molecule has 0 spiro atoms. The Morgan fingerprint density at radius 1 is 0.536 bits per heavy atom. The molecule has 0 aliphatic rings. The van der Waals surface area contributed by atoms with Crippen molar-refractivity contribution in [2.24, 2.45) is 0 Å². The number of esters is 1. The number of rotatable bonds is 42. The van der Waals surface area contributed by atoms with Gasteiger partial charge in [-0.3, -0.25) is 9.59 Å². The SMILES string of the molecule is CC/C=C/C=C/C=C\C=C/CCCCCC(=O)OC(CCCCCCCCCCCCCCCC)CC(=O)NC(CO)C(O)CCCCCCCCCCCC. The zero-order valence-corrected chi connectivity index (χ0v) is 37.0. The van der Waals surface area contributed by atoms with Crippen molar-refractivity contribution < 1.29 is 24.5 Å². The third-order valence-electron chi connectivity index (χ3n) is 10.8. The van der Waals surface area contributed by atoms with E-state index < -0.39 is 18.2 Å². The highest BCUT2D eigenvalue weighted by Crippen LogP contribution is 2.18. The van der Waals surface area contributed by atoms with E-state index >= 15 is 0 Å². The van der Waals surface area contributed by atoms with Crippen LogP contribution in [-0.4, -0.2) is 46.9 Å². The quantitative estimate of drug-likeness (QED) is 0.0325. The van der Waals surface area contributed by atoms with Crippen LogP contribution >= 0.6 is 0 Å². The van der Waals surface area contributed by atoms with E-state index in [9.17, 15) is 19.8 Å². The minimum Gasteiger partial charge on any atom is -0.462 e. The van der Waals surface area contributed by atoms with Crippen molar-refractivity contribution in [3.8, 4) is 0 Å². The van der Waals surface area contributed by atoms with Crippen LogP contribution in [0.2, 0.25) is 0 Å². The topological polar surface area (TPSA) is 95.9 Å². The molecule has 56 heavy (non-hydrogen) atoms. The first-order valence-corrected chi connectivity index (χ1v) is 23.9. The van der Waals surface area contributed by atoms with Crippen molar-refractivity contribution in [1.29, 1.82) is 0 Å². The van der Waals surface area contributed by atoms with Crippen LogP contribution in [0.3, 0.4) is 0 Å². The Balaban J connectivity index is 4.65. The second kappa shape index (κ2) is 43.9. The molecule has 3 N–H and O–H groups in total. The Hall–Kier alpha value is -2.18. The Morgan fingerprint density at radius 3 is 1.45 bits per heavy atom. The Morgan fingerprint density at radius 2 is 0.964 bits per heavy atom. The van der Waals surface area contributed by atoms with E-state index in [0.29, 0.717) is 19.3 Å². The first-order chi connectivity index (χ1) is 27.5. The van der Waals surface area contributed by atoms with Gasteiger partial charge in [-0.15, -0.1) is 0 Å². The largest absolute Gasteiger partial charge is 0.462 e. The summed E-state index contributed by atoms with van der Waals surface area (Å²) in [4.78, 5) is 26.0. The van der Waals surface area contributed by atoms with Gasteiger partial charge in [0.25, 0.3) is 0 Å². The number of carbonyl (C=O) groups is 2. The number of hydrogen-bond donors (Lipinski definition) is 3. The zero-order chi connectivity index (χ0) is 41.0. The van der Waals surface area contributed by atoms with Gasteiger partial charge in [-0.05, 0) is 44.9 Å². The molecule has 0 bridgehead atoms. The van der Waals surface area contributed by atoms with E-state index in [1.165, 1.54) is 122 Å². The predicted octanol–water partition coefficient (Wildman–Crippen LogP) is 13.9. The molecule has 0 saturated carbocycles. The van der Waals surface area contributed by atoms with Crippen molar-refractivity contribution in [2.45, 2.75) is 251 Å². The van der Waals surface area contributed by atoms with Gasteiger partial charge in [0.2, 0.25) is 5.91 Å². The number of hydrogen-bond acceptors (Lipinski definition) is 5. The van der Waals surface area contributed by atoms with Crippen molar-refractivity contribution in [1.82, 2.24) is 5.32 Å². The molecule has 0 aromatic rings. The fourth-order valence-corrected chi connectivity index (χ4v) is 7.15. The second-order valence-electron chi connectivity index (χ2n) is 16.2. The van der Waals surface area contributed by atoms with Crippen LogP contribution in [0.5, 0.6) is 0 Å². The first kappa shape index (κ1) is 53.8. The molecule has 3 unspecified atom stereocenters. The van der Waals surface area contributed by atoms with Gasteiger partial charge < -0.3 is 20.3 Å². The smallest absolute Gasteiger partial charge is 0.306 e. The summed E-state index contributed by atoms with van der Waals surface area (Å²) in [5.74, 6) is -0.515. The van der Waals surface area contributed by atoms with E-state index in [-0.39, 0.29) is 24.9 Å². The predicted molar refractivity (Wildman–Crippen MR) is 241 cm³/mol. The lowest BCUT2D eigenvalue weighted by atomic mass is 10.0. The Kier molecular flexibility index (Phi) is 42.2. The lowest BCUT2D eigenvalue weighted by Crippen LogP contribution is -2.46. The minimum absolute atomic E-state index is 0.0635. The van der Waals surface area contributed by atoms with E-state index in [1.807, 2.05) is 24.3 Å². The van der Waals surface area contributed by atoms with Gasteiger partial charge in [-0.25, -0.2) is 0 Å². The van der Waals surface area contributed by atoms with E-state index in [0.717, 1.165) is 64.2 Å². The summed E-state index contributed by atoms with van der Waals surface area (Å²) in [7, 11) is 0. The van der Waals surface area contributed by atoms with Crippen molar-refractivity contribution in [2.75, 3.05) is 6.61 Å². The lowest BCUT2D eigenvalue weighted by molar-refractivity contribution is -0.151. The van der Waals surface area contributed by atoms with Gasteiger partial charge in [0, 0.05) is 6.42 Å². The number of carbonyl (C=O) groups excluding carboxylic acids is 2. The number of ether oxygens (including phenoxy) is 1. The van der Waals surface area contributed by atoms with Crippen molar-refractivity contribution in [3.63, 3.8) is 0 Å². The van der Waals surface area contributed by atoms with Gasteiger partial charge >= 0.3 is 5.97 Å². The molecule has 0 heterocycles. The normalized spacial score (nSPS) is 13.7. The Labute approximate surface area is 346 Å². The monoisotopic (exact) mass is 786 g/mol. The molecule has 0 radical (unpaired) electrons. The molecule has 0 aliphatic heterocycles. The van der Waals surface area contributed by atoms with E-state index in [4.69, 9.17) is 4.74 Å². The highest BCUT2D eigenvalue weighted by atomic mass is 16.5. The van der Waals surface area contributed by atoms with E-state index in [1.54, 1.807) is 0 Å². The van der Waals surface area contributed by atoms with Crippen LogP contribution in [0.25, 0.3) is 0 Å². The van der Waals surface area contributed by atoms with Gasteiger partial charge in [0.15, 0.2) is 0 Å². The van der Waals surface area contributed by atoms with Crippen LogP contribution in [0.4, 0.5) is 0 Å². The molecule has 0 aliphatic carbocycles. The molecule has 1 amide bonds. The molecule has 3 atom stereocenters. The van der Waals surface area contributed by atoms with Crippen LogP contribution in [0.1, 0.15) is 233 Å². The number of unbranched alkanes of at least 4 members (excludes halogenated alkanes) is 25. The lowest BCUT2D eigenvalue weighted by Gasteiger charge is -2.24. The highest BCUT2D eigenvalue weighted by molar-refractivity contribution is 5.77. The molecule has 6 nitrogen and oxygen atoms in total. The highest BCUT2D eigenvalue weighted by Gasteiger charge is 2.24. The van der Waals surface area contributed by atoms with Gasteiger partial charge in [-0.1, -0.05) is 223 Å². The number of aliphatic hydroxyl groups excluding tert-OH is 2. The summed E-state index contributed by atoms with van der Waals surface area (Å²) in [5, 5.41) is 23.6. The third-order valence-corrected chi connectivity index (χ3v) is 10.8. The summed E-state index contributed by atoms with van der Waals surface area (Å²) in [5.41, 5.74) is 0. The molecule has 0 saturated heterocycles. The standard InChI is InChI=1S/C50H91NO5/c1-4-7-10-13-16-19-22-24-26-27-29-32-35-38-41-46(56-50(55)43-40-37-34-31-28-25-23-20-17-14-11-8-5-2)44-49(54)51-47(45-52)48(53)42-39-36-33-30-21-18-15-12-9-6-3/h8,11,14,17,20,23,25,28,46-48,52-53H,4-7,9-10,12-13,15-16,18-19,21-22,24,26-27,29-45H2,1-3H3,(H,51,54)/b11-8+,17-14+,23-20-,28-25-. The zero-order valence-electron chi connectivity index (χ0n) is 37.0. The van der Waals surface area contributed by atoms with Crippen LogP contribution in [0.15, 0.2) is 48.6 Å². The van der Waals surface area contributed by atoms with Crippen LogP contribution < -0.4 is 5.32 Å². The molecule has 6 heteroatoms. The second-order valence-corrected chi connectivity index (χ2v) is 16.2. The molecular weight excluding hydrogens is 695 g/mol. The first-order valence-electron chi connectivity index (χ1n) is 23.9. The van der Waals surface area contributed by atoms with Crippen LogP contribution in [-0.2, 0) is 14.3 Å². The molecule has 0 aromatic carbocycles. The van der Waals surface area contributed by atoms with Crippen LogP contribution in [0, 0.1) is 0 Å². The Bertz CT molecular complexity index is 972. The number of amides is 1. The summed E-state index contributed by atoms with van der Waals surface area (Å²) >= 11 is 0. The van der Waals surface area contributed by atoms with Crippen molar-refractivity contribution >= 4 is 11.9 Å². The maximum Gasteiger partial charge on any atom is 0.306 e. The van der Waals surface area contributed by atoms with Gasteiger partial charge in [0.05, 0.1) is 25.2 Å². The molecule has 0 rings (SSSR count). The fraction of sp³-hybridized carbons (Fsp3) is 0.800. The summed E-state index contributed by atoms with van der Waals surface area (Å²) in [6, 6.07) is -0.706. The number of nitrogens with one attached hydrogen (secondary N) is 1. The number of allylic oxidation sites excluding steroid dienone is 8. The fourth-order valence-electron chi connectivity index (χ4n) is 7.15. The number of aliphatic hydroxyl groups is 2. The molecular formula is C50H91NO5. The van der Waals surface area contributed by atoms with Crippen molar-refractivity contribution in [3.05, 3.63) is 48.6 Å². The summed E-state index contributed by atoms with van der Waals surface area (Å²) in [6.45, 7) is 6.32. The van der Waals surface area contributed by atoms with Gasteiger partial charge in [0.1, 0.15) is 6.10 Å². The van der Waals surface area contributed by atoms with Gasteiger partial charge in [-0.2, -0.15) is 0 Å². The average molecular weight is 786 g/mol. The molecule has 0 fully saturated rings. The summed E-state index contributed by atoms with van der Waals surface area (Å²) in [6.07, 6.45) is 51.7. The maximum absolute atomic E-state index is 13.1.